The number of halogens is 1. The Hall–Kier alpha value is -3.94. The second-order valence-corrected chi connectivity index (χ2v) is 8.24. The maximum atomic E-state index is 13.7. The summed E-state index contributed by atoms with van der Waals surface area (Å²) in [5.41, 5.74) is 2.29. The molecule has 0 bridgehead atoms. The Morgan fingerprint density at radius 3 is 2.55 bits per heavy atom. The van der Waals surface area contributed by atoms with Gasteiger partial charge in [0.1, 0.15) is 12.1 Å². The van der Waals surface area contributed by atoms with Crippen LogP contribution >= 0.6 is 0 Å². The molecule has 0 aliphatic heterocycles. The quantitative estimate of drug-likeness (QED) is 0.422. The number of rotatable bonds is 7. The molecule has 5 rings (SSSR count). The lowest BCUT2D eigenvalue weighted by molar-refractivity contribution is 0.0670. The van der Waals surface area contributed by atoms with Crippen LogP contribution in [0.1, 0.15) is 42.0 Å². The molecule has 1 saturated carbocycles. The fraction of sp³-hybridized carbons (Fsp3) is 0.240. The average molecular weight is 442 g/mol. The summed E-state index contributed by atoms with van der Waals surface area (Å²) in [6, 6.07) is 15.1. The average Bonchev–Trinajstić information content (AvgIpc) is 3.55. The third-order valence-corrected chi connectivity index (χ3v) is 5.86. The van der Waals surface area contributed by atoms with Gasteiger partial charge in [-0.1, -0.05) is 24.3 Å². The molecule has 1 aliphatic rings. The molecule has 7 nitrogen and oxygen atoms in total. The Morgan fingerprint density at radius 1 is 1.06 bits per heavy atom. The zero-order valence-electron chi connectivity index (χ0n) is 18.2. The first-order chi connectivity index (χ1) is 16.1. The van der Waals surface area contributed by atoms with Crippen LogP contribution in [-0.4, -0.2) is 42.1 Å². The molecule has 4 aromatic rings. The van der Waals surface area contributed by atoms with E-state index in [0.717, 1.165) is 24.0 Å². The van der Waals surface area contributed by atoms with Gasteiger partial charge in [-0.3, -0.25) is 4.79 Å². The Kier molecular flexibility index (Phi) is 5.64. The van der Waals surface area contributed by atoms with Crippen molar-refractivity contribution >= 4 is 5.91 Å². The molecule has 2 aromatic carbocycles. The van der Waals surface area contributed by atoms with Crippen molar-refractivity contribution in [3.63, 3.8) is 0 Å². The van der Waals surface area contributed by atoms with Gasteiger partial charge in [-0.25, -0.2) is 19.3 Å². The minimum absolute atomic E-state index is 0.0816. The first kappa shape index (κ1) is 20.9. The van der Waals surface area contributed by atoms with Gasteiger partial charge >= 0.3 is 0 Å². The molecule has 0 N–H and O–H groups in total. The number of carbonyl (C=O) groups excluding carboxylic acids is 1. The number of carbonyl (C=O) groups is 1. The molecule has 0 spiro atoms. The number of nitrogens with zero attached hydrogens (tertiary/aromatic N) is 6. The molecule has 0 radical (unpaired) electrons. The Morgan fingerprint density at radius 2 is 1.82 bits per heavy atom. The molecular weight excluding hydrogens is 419 g/mol. The molecule has 166 valence electrons. The molecule has 8 heteroatoms. The summed E-state index contributed by atoms with van der Waals surface area (Å²) in [4.78, 5) is 28.5. The first-order valence-electron chi connectivity index (χ1n) is 10.9. The van der Waals surface area contributed by atoms with E-state index in [1.165, 1.54) is 18.5 Å². The van der Waals surface area contributed by atoms with E-state index < -0.39 is 0 Å². The molecule has 2 heterocycles. The van der Waals surface area contributed by atoms with E-state index in [1.807, 2.05) is 36.1 Å². The Bertz CT molecular complexity index is 1250. The van der Waals surface area contributed by atoms with E-state index in [9.17, 15) is 9.18 Å². The third kappa shape index (κ3) is 4.50. The van der Waals surface area contributed by atoms with E-state index in [1.54, 1.807) is 35.3 Å². The van der Waals surface area contributed by atoms with Crippen molar-refractivity contribution in [3.05, 3.63) is 90.5 Å². The van der Waals surface area contributed by atoms with Crippen LogP contribution < -0.4 is 0 Å². The smallest absolute Gasteiger partial charge is 0.254 e. The lowest BCUT2D eigenvalue weighted by atomic mass is 10.0. The highest BCUT2D eigenvalue weighted by Gasteiger charge is 2.33. The fourth-order valence-corrected chi connectivity index (χ4v) is 3.86. The van der Waals surface area contributed by atoms with E-state index in [4.69, 9.17) is 0 Å². The number of amides is 1. The molecule has 1 atom stereocenters. The predicted octanol–water partition coefficient (Wildman–Crippen LogP) is 4.48. The van der Waals surface area contributed by atoms with Crippen molar-refractivity contribution in [1.29, 1.82) is 0 Å². The summed E-state index contributed by atoms with van der Waals surface area (Å²) >= 11 is 0. The standard InChI is InChI=1S/C25H23FN6O/c1-17(23-29-16-30-32(23)25-27-12-3-13-28-25)31(15-18-6-7-18)24(33)21-5-2-4-20(14-21)19-8-10-22(26)11-9-19/h2-5,8-14,16-18H,6-7,15H2,1H3. The summed E-state index contributed by atoms with van der Waals surface area (Å²) in [7, 11) is 0. The van der Waals surface area contributed by atoms with Crippen LogP contribution in [0.25, 0.3) is 17.1 Å². The topological polar surface area (TPSA) is 76.8 Å². The minimum atomic E-state index is -0.334. The van der Waals surface area contributed by atoms with Gasteiger partial charge in [0.2, 0.25) is 0 Å². The highest BCUT2D eigenvalue weighted by molar-refractivity contribution is 5.95. The van der Waals surface area contributed by atoms with Crippen LogP contribution in [0, 0.1) is 11.7 Å². The largest absolute Gasteiger partial charge is 0.328 e. The predicted molar refractivity (Wildman–Crippen MR) is 121 cm³/mol. The first-order valence-corrected chi connectivity index (χ1v) is 10.9. The zero-order chi connectivity index (χ0) is 22.8. The lowest BCUT2D eigenvalue weighted by Gasteiger charge is -2.29. The van der Waals surface area contributed by atoms with Crippen molar-refractivity contribution < 1.29 is 9.18 Å². The molecule has 33 heavy (non-hydrogen) atoms. The van der Waals surface area contributed by atoms with Gasteiger partial charge in [-0.05, 0) is 67.1 Å². The normalized spacial score (nSPS) is 14.1. The van der Waals surface area contributed by atoms with Crippen LogP contribution in [-0.2, 0) is 0 Å². The second-order valence-electron chi connectivity index (χ2n) is 8.24. The summed E-state index contributed by atoms with van der Waals surface area (Å²) in [5, 5.41) is 4.29. The summed E-state index contributed by atoms with van der Waals surface area (Å²) in [6.07, 6.45) is 6.97. The van der Waals surface area contributed by atoms with Crippen LogP contribution in [0.2, 0.25) is 0 Å². The van der Waals surface area contributed by atoms with Crippen molar-refractivity contribution in [3.8, 4) is 17.1 Å². The Labute approximate surface area is 191 Å². The molecular formula is C25H23FN6O. The number of hydrogen-bond donors (Lipinski definition) is 0. The molecule has 0 saturated heterocycles. The second kappa shape index (κ2) is 8.90. The number of benzene rings is 2. The SMILES string of the molecule is CC(c1ncnn1-c1ncccn1)N(CC1CC1)C(=O)c1cccc(-c2ccc(F)cc2)c1. The highest BCUT2D eigenvalue weighted by Crippen LogP contribution is 2.34. The maximum Gasteiger partial charge on any atom is 0.254 e. The summed E-state index contributed by atoms with van der Waals surface area (Å²) in [6.45, 7) is 2.59. The van der Waals surface area contributed by atoms with Crippen LogP contribution in [0.3, 0.4) is 0 Å². The molecule has 1 unspecified atom stereocenters. The fourth-order valence-electron chi connectivity index (χ4n) is 3.86. The number of hydrogen-bond acceptors (Lipinski definition) is 5. The van der Waals surface area contributed by atoms with Gasteiger partial charge in [0.15, 0.2) is 5.82 Å². The van der Waals surface area contributed by atoms with E-state index >= 15 is 0 Å². The molecule has 1 aliphatic carbocycles. The Balaban J connectivity index is 1.47. The molecule has 1 amide bonds. The van der Waals surface area contributed by atoms with Crippen molar-refractivity contribution in [2.24, 2.45) is 5.92 Å². The van der Waals surface area contributed by atoms with E-state index in [2.05, 4.69) is 20.1 Å². The van der Waals surface area contributed by atoms with Gasteiger partial charge in [-0.15, -0.1) is 0 Å². The van der Waals surface area contributed by atoms with Gasteiger partial charge in [-0.2, -0.15) is 9.78 Å². The van der Waals surface area contributed by atoms with Gasteiger partial charge in [0.05, 0.1) is 6.04 Å². The number of aromatic nitrogens is 5. The monoisotopic (exact) mass is 442 g/mol. The lowest BCUT2D eigenvalue weighted by Crippen LogP contribution is -2.36. The highest BCUT2D eigenvalue weighted by atomic mass is 19.1. The van der Waals surface area contributed by atoms with Crippen LogP contribution in [0.15, 0.2) is 73.3 Å². The van der Waals surface area contributed by atoms with Crippen LogP contribution in [0.5, 0.6) is 0 Å². The minimum Gasteiger partial charge on any atom is -0.328 e. The van der Waals surface area contributed by atoms with Crippen molar-refractivity contribution in [2.45, 2.75) is 25.8 Å². The van der Waals surface area contributed by atoms with Gasteiger partial charge in [0.25, 0.3) is 11.9 Å². The zero-order valence-corrected chi connectivity index (χ0v) is 18.2. The summed E-state index contributed by atoms with van der Waals surface area (Å²) in [5.74, 6) is 1.13. The van der Waals surface area contributed by atoms with E-state index in [0.29, 0.717) is 29.8 Å². The van der Waals surface area contributed by atoms with E-state index in [-0.39, 0.29) is 17.8 Å². The third-order valence-electron chi connectivity index (χ3n) is 5.86. The summed E-state index contributed by atoms with van der Waals surface area (Å²) < 4.78 is 14.9. The van der Waals surface area contributed by atoms with Crippen LogP contribution in [0.4, 0.5) is 4.39 Å². The maximum absolute atomic E-state index is 13.7. The van der Waals surface area contributed by atoms with Crippen molar-refractivity contribution in [2.75, 3.05) is 6.54 Å². The van der Waals surface area contributed by atoms with Gasteiger partial charge in [0, 0.05) is 24.5 Å². The molecule has 2 aromatic heterocycles. The van der Waals surface area contributed by atoms with Gasteiger partial charge < -0.3 is 4.90 Å². The molecule has 1 fully saturated rings. The van der Waals surface area contributed by atoms with Crippen molar-refractivity contribution in [1.82, 2.24) is 29.6 Å².